The van der Waals surface area contributed by atoms with Crippen LogP contribution in [0.4, 0.5) is 51.2 Å². The minimum atomic E-state index is -0.0747. The van der Waals surface area contributed by atoms with Gasteiger partial charge in [-0.1, -0.05) is 372 Å². The molecule has 3 aromatic heterocycles. The number of hydrogen-bond acceptors (Lipinski definition) is 6. The molecule has 654 valence electrons. The van der Waals surface area contributed by atoms with Crippen molar-refractivity contribution in [3.63, 3.8) is 0 Å². The molecule has 139 heavy (non-hydrogen) atoms. The van der Waals surface area contributed by atoms with Crippen molar-refractivity contribution in [3.05, 3.63) is 515 Å². The van der Waals surface area contributed by atoms with Crippen LogP contribution in [0.15, 0.2) is 517 Å². The minimum Gasteiger partial charge on any atom is -0.456 e. The highest BCUT2D eigenvalue weighted by Crippen LogP contribution is 2.54. The highest BCUT2D eigenvalue weighted by Gasteiger charge is 2.36. The van der Waals surface area contributed by atoms with Crippen molar-refractivity contribution >= 4 is 192 Å². The van der Waals surface area contributed by atoms with Crippen LogP contribution in [0.25, 0.3) is 197 Å². The quantitative estimate of drug-likeness (QED) is 0.107. The van der Waals surface area contributed by atoms with E-state index in [-0.39, 0.29) is 5.41 Å². The van der Waals surface area contributed by atoms with E-state index in [0.717, 1.165) is 129 Å². The first-order valence-electron chi connectivity index (χ1n) is 47.7. The molecule has 0 amide bonds. The van der Waals surface area contributed by atoms with Crippen LogP contribution in [-0.2, 0) is 5.41 Å². The van der Waals surface area contributed by atoms with E-state index in [1.165, 1.54) is 131 Å². The first-order chi connectivity index (χ1) is 68.7. The summed E-state index contributed by atoms with van der Waals surface area (Å²) in [4.78, 5) is 7.02. The number of nitrogens with zero attached hydrogens (tertiary/aromatic N) is 3. The summed E-state index contributed by atoms with van der Waals surface area (Å²) in [5.74, 6) is 0. The van der Waals surface area contributed by atoms with Gasteiger partial charge in [-0.25, -0.2) is 0 Å². The normalized spacial score (nSPS) is 12.2. The predicted molar refractivity (Wildman–Crippen MR) is 587 cm³/mol. The first-order valence-corrected chi connectivity index (χ1v) is 47.7. The topological polar surface area (TPSA) is 49.1 Å². The van der Waals surface area contributed by atoms with Crippen LogP contribution in [0.2, 0.25) is 0 Å². The number of anilines is 9. The second-order valence-corrected chi connectivity index (χ2v) is 36.8. The standard InChI is InChI=1S/C47H33NO.C44H29NO.C42H27NO/c1-47(2)41-18-10-8-16-36(41)37-27-25-34(28-42(37)47)48(32-13-4-3-5-14-32)33-23-20-31(21-24-33)40-29-44-46(39-17-9-11-19-43(39)49-44)45-35-15-7-6-12-30(35)22-26-38(40)45;1-3-17-35(18-4-1)45(36-19-5-2-6-20-36)37-21-12-15-32(28-37)31-14-11-16-33(27-31)40-29-34-26-25-30-13-7-8-22-38(30)42(34)43-39-23-9-10-24-41(39)46-44(40)43;1-3-14-29(15-4-1)43(30-16-5-2-6-17-30)38-26-25-33(32-19-9-10-20-34(32)38)37-27-40-42(36-21-11-12-22-39(36)44-40)41-31-18-8-7-13-28(31)23-24-35(37)41/h3-29H,1-2H3;1-29H;1-27H. The molecule has 0 fully saturated rings. The van der Waals surface area contributed by atoms with Crippen molar-refractivity contribution in [2.24, 2.45) is 0 Å². The average Bonchev–Trinajstić information content (AvgIpc) is 1.65. The van der Waals surface area contributed by atoms with E-state index in [9.17, 15) is 0 Å². The lowest BCUT2D eigenvalue weighted by molar-refractivity contribution is 0.660. The van der Waals surface area contributed by atoms with Gasteiger partial charge in [-0.2, -0.15) is 0 Å². The number of benzene rings is 24. The van der Waals surface area contributed by atoms with Crippen LogP contribution >= 0.6 is 0 Å². The molecule has 0 N–H and O–H groups in total. The number of fused-ring (bicyclic) bond motifs is 25. The van der Waals surface area contributed by atoms with Gasteiger partial charge < -0.3 is 28.0 Å². The summed E-state index contributed by atoms with van der Waals surface area (Å²) in [6, 6.07) is 180. The third-order valence-electron chi connectivity index (χ3n) is 28.5. The maximum atomic E-state index is 6.68. The van der Waals surface area contributed by atoms with Gasteiger partial charge in [-0.3, -0.25) is 0 Å². The van der Waals surface area contributed by atoms with Crippen LogP contribution in [-0.4, -0.2) is 0 Å². The van der Waals surface area contributed by atoms with Gasteiger partial charge in [0.15, 0.2) is 0 Å². The van der Waals surface area contributed by atoms with E-state index < -0.39 is 0 Å². The van der Waals surface area contributed by atoms with E-state index in [0.29, 0.717) is 0 Å². The molecule has 6 nitrogen and oxygen atoms in total. The van der Waals surface area contributed by atoms with Crippen LogP contribution in [0, 0.1) is 0 Å². The van der Waals surface area contributed by atoms with Gasteiger partial charge in [-0.15, -0.1) is 0 Å². The van der Waals surface area contributed by atoms with Crippen molar-refractivity contribution in [1.29, 1.82) is 0 Å². The fraction of sp³-hybridized carbons (Fsp3) is 0.0226. The average molecular weight is 1780 g/mol. The Hall–Kier alpha value is -18.1. The predicted octanol–water partition coefficient (Wildman–Crippen LogP) is 38.2. The highest BCUT2D eigenvalue weighted by atomic mass is 16.3. The molecule has 0 aliphatic heterocycles. The molecule has 0 radical (unpaired) electrons. The van der Waals surface area contributed by atoms with Crippen molar-refractivity contribution in [1.82, 2.24) is 0 Å². The summed E-state index contributed by atoms with van der Waals surface area (Å²) in [6.45, 7) is 4.69. The molecule has 0 saturated heterocycles. The molecule has 0 spiro atoms. The third-order valence-corrected chi connectivity index (χ3v) is 28.5. The van der Waals surface area contributed by atoms with Gasteiger partial charge in [0.2, 0.25) is 0 Å². The first kappa shape index (κ1) is 81.6. The van der Waals surface area contributed by atoms with Crippen LogP contribution in [0.5, 0.6) is 0 Å². The Morgan fingerprint density at radius 3 is 1.11 bits per heavy atom. The van der Waals surface area contributed by atoms with Crippen LogP contribution in [0.1, 0.15) is 25.0 Å². The Kier molecular flexibility index (Phi) is 19.9. The van der Waals surface area contributed by atoms with Crippen molar-refractivity contribution in [2.45, 2.75) is 19.3 Å². The van der Waals surface area contributed by atoms with Gasteiger partial charge in [-0.05, 0) is 261 Å². The molecule has 0 unspecified atom stereocenters. The Morgan fingerprint density at radius 1 is 0.165 bits per heavy atom. The zero-order chi connectivity index (χ0) is 92.2. The van der Waals surface area contributed by atoms with Crippen LogP contribution < -0.4 is 14.7 Å². The Balaban J connectivity index is 0.000000108. The molecule has 27 aromatic rings. The van der Waals surface area contributed by atoms with Crippen molar-refractivity contribution < 1.29 is 13.3 Å². The zero-order valence-electron chi connectivity index (χ0n) is 76.5. The van der Waals surface area contributed by atoms with Gasteiger partial charge in [0, 0.05) is 110 Å². The fourth-order valence-corrected chi connectivity index (χ4v) is 22.1. The Morgan fingerprint density at radius 2 is 0.547 bits per heavy atom. The largest absolute Gasteiger partial charge is 0.456 e. The van der Waals surface area contributed by atoms with E-state index in [2.05, 4.69) is 514 Å². The molecule has 28 rings (SSSR count). The second kappa shape index (κ2) is 33.8. The van der Waals surface area contributed by atoms with E-state index in [1.807, 2.05) is 18.2 Å². The molecule has 0 saturated carbocycles. The molecule has 24 aromatic carbocycles. The molecule has 3 heterocycles. The summed E-state index contributed by atoms with van der Waals surface area (Å²) >= 11 is 0. The molecular weight excluding hydrogens is 1690 g/mol. The van der Waals surface area contributed by atoms with Crippen molar-refractivity contribution in [3.8, 4) is 55.6 Å². The van der Waals surface area contributed by atoms with Gasteiger partial charge >= 0.3 is 0 Å². The lowest BCUT2D eigenvalue weighted by Gasteiger charge is -2.28. The molecular formula is C133H89N3O3. The third kappa shape index (κ3) is 14.0. The molecule has 0 bridgehead atoms. The number of rotatable bonds is 13. The van der Waals surface area contributed by atoms with E-state index in [1.54, 1.807) is 0 Å². The van der Waals surface area contributed by atoms with Gasteiger partial charge in [0.05, 0.1) is 5.69 Å². The molecule has 1 aliphatic carbocycles. The number of furan rings is 3. The lowest BCUT2D eigenvalue weighted by Crippen LogP contribution is -2.16. The molecule has 6 heteroatoms. The van der Waals surface area contributed by atoms with Gasteiger partial charge in [0.1, 0.15) is 33.5 Å². The lowest BCUT2D eigenvalue weighted by atomic mass is 9.82. The van der Waals surface area contributed by atoms with Gasteiger partial charge in [0.25, 0.3) is 0 Å². The Labute approximate surface area is 804 Å². The van der Waals surface area contributed by atoms with E-state index >= 15 is 0 Å². The molecule has 1 aliphatic rings. The smallest absolute Gasteiger partial charge is 0.143 e. The number of hydrogen-bond donors (Lipinski definition) is 0. The second-order valence-electron chi connectivity index (χ2n) is 36.8. The SMILES string of the molecule is CC1(C)c2ccccc2-c2ccc(N(c3ccccc3)c3ccc(-c4cc5oc6ccccc6c5c5c4ccc4ccccc45)cc3)cc21.c1ccc(N(c2ccccc2)c2ccc(-c3cc4oc5ccccc5c4c4c3ccc3ccccc34)c3ccccc23)cc1.c1ccc(N(c2ccccc2)c2cccc(-c3cccc(-c4cc5ccc6ccccc6c5c5c4oc4ccccc45)c3)c2)cc1. The summed E-state index contributed by atoms with van der Waals surface area (Å²) in [5, 5.41) is 24.2. The summed E-state index contributed by atoms with van der Waals surface area (Å²) < 4.78 is 19.8. The Bertz CT molecular complexity index is 9420. The minimum absolute atomic E-state index is 0.0747. The highest BCUT2D eigenvalue weighted by molar-refractivity contribution is 6.33. The maximum Gasteiger partial charge on any atom is 0.143 e. The fourth-order valence-electron chi connectivity index (χ4n) is 22.1. The van der Waals surface area contributed by atoms with Crippen molar-refractivity contribution in [2.75, 3.05) is 14.7 Å². The summed E-state index contributed by atoms with van der Waals surface area (Å²) in [7, 11) is 0. The monoisotopic (exact) mass is 1780 g/mol. The molecule has 0 atom stereocenters. The summed E-state index contributed by atoms with van der Waals surface area (Å²) in [5.41, 5.74) is 30.2. The maximum absolute atomic E-state index is 6.68. The summed E-state index contributed by atoms with van der Waals surface area (Å²) in [6.07, 6.45) is 0. The van der Waals surface area contributed by atoms with Crippen LogP contribution in [0.3, 0.4) is 0 Å². The van der Waals surface area contributed by atoms with E-state index in [4.69, 9.17) is 13.3 Å². The zero-order valence-corrected chi connectivity index (χ0v) is 76.5. The number of para-hydroxylation sites is 8.